The van der Waals surface area contributed by atoms with Gasteiger partial charge in [-0.05, 0) is 36.2 Å². The predicted octanol–water partition coefficient (Wildman–Crippen LogP) is 3.17. The first-order chi connectivity index (χ1) is 13.7. The molecule has 2 aromatic carbocycles. The fourth-order valence-corrected chi connectivity index (χ4v) is 4.30. The van der Waals surface area contributed by atoms with Crippen molar-refractivity contribution in [2.75, 3.05) is 49.5 Å². The molecule has 0 radical (unpaired) electrons. The van der Waals surface area contributed by atoms with E-state index in [0.717, 1.165) is 45.0 Å². The molecule has 2 aromatic rings. The smallest absolute Gasteiger partial charge is 0.238 e. The fraction of sp³-hybridized carbons (Fsp3) is 0.435. The summed E-state index contributed by atoms with van der Waals surface area (Å²) < 4.78 is 0. The van der Waals surface area contributed by atoms with Crippen LogP contribution in [0.1, 0.15) is 24.5 Å². The first-order valence-corrected chi connectivity index (χ1v) is 10.4. The number of hydrogen-bond donors (Lipinski definition) is 1. The maximum atomic E-state index is 12.4. The van der Waals surface area contributed by atoms with Gasteiger partial charge in [0.2, 0.25) is 5.91 Å². The van der Waals surface area contributed by atoms with E-state index >= 15 is 0 Å². The summed E-state index contributed by atoms with van der Waals surface area (Å²) in [5, 5.41) is 3.04. The highest BCUT2D eigenvalue weighted by atomic mass is 16.2. The number of anilines is 2. The van der Waals surface area contributed by atoms with Crippen molar-refractivity contribution in [2.45, 2.75) is 26.4 Å². The molecule has 148 valence electrons. The van der Waals surface area contributed by atoms with Crippen molar-refractivity contribution in [1.82, 2.24) is 9.80 Å². The average Bonchev–Trinajstić information content (AvgIpc) is 2.86. The lowest BCUT2D eigenvalue weighted by Gasteiger charge is -2.37. The van der Waals surface area contributed by atoms with E-state index in [-0.39, 0.29) is 5.91 Å². The van der Waals surface area contributed by atoms with Gasteiger partial charge in [0.15, 0.2) is 0 Å². The lowest BCUT2D eigenvalue weighted by molar-refractivity contribution is -0.117. The highest BCUT2D eigenvalue weighted by Gasteiger charge is 2.22. The zero-order chi connectivity index (χ0) is 19.3. The lowest BCUT2D eigenvalue weighted by atomic mass is 10.1. The Morgan fingerprint density at radius 3 is 2.46 bits per heavy atom. The van der Waals surface area contributed by atoms with Crippen LogP contribution >= 0.6 is 0 Å². The normalized spacial score (nSPS) is 18.5. The quantitative estimate of drug-likeness (QED) is 0.867. The van der Waals surface area contributed by atoms with Crippen LogP contribution in [0.25, 0.3) is 0 Å². The molecule has 2 aliphatic rings. The lowest BCUT2D eigenvalue weighted by Crippen LogP contribution is -2.47. The Morgan fingerprint density at radius 1 is 0.893 bits per heavy atom. The molecule has 0 aliphatic carbocycles. The molecule has 0 saturated carbocycles. The summed E-state index contributed by atoms with van der Waals surface area (Å²) in [7, 11) is 0. The highest BCUT2D eigenvalue weighted by Crippen LogP contribution is 2.26. The third-order valence-electron chi connectivity index (χ3n) is 5.69. The molecule has 0 atom stereocenters. The molecule has 1 N–H and O–H groups in total. The van der Waals surface area contributed by atoms with Crippen molar-refractivity contribution in [1.29, 1.82) is 0 Å². The number of rotatable bonds is 5. The predicted molar refractivity (Wildman–Crippen MR) is 115 cm³/mol. The van der Waals surface area contributed by atoms with Gasteiger partial charge in [-0.25, -0.2) is 0 Å². The second-order valence-corrected chi connectivity index (χ2v) is 7.81. The summed E-state index contributed by atoms with van der Waals surface area (Å²) in [5.41, 5.74) is 4.74. The van der Waals surface area contributed by atoms with Crippen molar-refractivity contribution < 1.29 is 4.79 Å². The Kier molecular flexibility index (Phi) is 5.93. The summed E-state index contributed by atoms with van der Waals surface area (Å²) >= 11 is 0. The maximum absolute atomic E-state index is 12.4. The van der Waals surface area contributed by atoms with Gasteiger partial charge in [0.1, 0.15) is 0 Å². The molecular formula is C23H30N4O. The van der Waals surface area contributed by atoms with Crippen molar-refractivity contribution in [3.63, 3.8) is 0 Å². The monoisotopic (exact) mass is 378 g/mol. The number of para-hydroxylation sites is 2. The van der Waals surface area contributed by atoms with Gasteiger partial charge in [0, 0.05) is 50.6 Å². The molecule has 0 aromatic heterocycles. The number of hydrogen-bond acceptors (Lipinski definition) is 4. The number of nitrogens with zero attached hydrogens (tertiary/aromatic N) is 3. The second kappa shape index (κ2) is 8.76. The van der Waals surface area contributed by atoms with Crippen LogP contribution in [-0.4, -0.2) is 55.0 Å². The standard InChI is InChI=1S/C23H30N4O/c1-2-11-25-12-14-27(15-13-25)22-10-6-4-8-20(22)17-26-16-19-7-3-5-9-21(19)24-23(28)18-26/h3-10H,2,11-18H2,1H3,(H,24,28). The van der Waals surface area contributed by atoms with E-state index in [2.05, 4.69) is 57.3 Å². The summed E-state index contributed by atoms with van der Waals surface area (Å²) in [6, 6.07) is 16.8. The molecule has 0 unspecified atom stereocenters. The van der Waals surface area contributed by atoms with Crippen LogP contribution in [0.15, 0.2) is 48.5 Å². The van der Waals surface area contributed by atoms with Gasteiger partial charge in [-0.3, -0.25) is 14.6 Å². The van der Waals surface area contributed by atoms with Crippen LogP contribution < -0.4 is 10.2 Å². The Bertz CT molecular complexity index is 814. The average molecular weight is 379 g/mol. The molecule has 2 aliphatic heterocycles. The Labute approximate surface area is 167 Å². The zero-order valence-electron chi connectivity index (χ0n) is 16.7. The minimum absolute atomic E-state index is 0.0654. The van der Waals surface area contributed by atoms with Crippen LogP contribution in [0.5, 0.6) is 0 Å². The molecule has 5 nitrogen and oxygen atoms in total. The molecule has 4 rings (SSSR count). The van der Waals surface area contributed by atoms with E-state index < -0.39 is 0 Å². The van der Waals surface area contributed by atoms with Crippen LogP contribution in [0.4, 0.5) is 11.4 Å². The minimum Gasteiger partial charge on any atom is -0.369 e. The minimum atomic E-state index is 0.0654. The van der Waals surface area contributed by atoms with Gasteiger partial charge in [0.25, 0.3) is 0 Å². The van der Waals surface area contributed by atoms with E-state index in [1.54, 1.807) is 0 Å². The Morgan fingerprint density at radius 2 is 1.64 bits per heavy atom. The summed E-state index contributed by atoms with van der Waals surface area (Å²) in [6.45, 7) is 9.83. The maximum Gasteiger partial charge on any atom is 0.238 e. The van der Waals surface area contributed by atoms with Crippen molar-refractivity contribution >= 4 is 17.3 Å². The third-order valence-corrected chi connectivity index (χ3v) is 5.69. The molecule has 1 saturated heterocycles. The summed E-state index contributed by atoms with van der Waals surface area (Å²) in [6.07, 6.45) is 1.22. The number of piperazine rings is 1. The molecule has 1 fully saturated rings. The fourth-order valence-electron chi connectivity index (χ4n) is 4.30. The van der Waals surface area contributed by atoms with Gasteiger partial charge in [-0.1, -0.05) is 43.3 Å². The summed E-state index contributed by atoms with van der Waals surface area (Å²) in [5.74, 6) is 0.0654. The van der Waals surface area contributed by atoms with Crippen molar-refractivity contribution in [2.24, 2.45) is 0 Å². The number of amides is 1. The van der Waals surface area contributed by atoms with Gasteiger partial charge in [0.05, 0.1) is 6.54 Å². The summed E-state index contributed by atoms with van der Waals surface area (Å²) in [4.78, 5) is 19.7. The Hall–Kier alpha value is -2.37. The van der Waals surface area contributed by atoms with Crippen LogP contribution in [-0.2, 0) is 17.9 Å². The van der Waals surface area contributed by atoms with Gasteiger partial charge >= 0.3 is 0 Å². The zero-order valence-corrected chi connectivity index (χ0v) is 16.7. The first kappa shape index (κ1) is 19.0. The molecule has 28 heavy (non-hydrogen) atoms. The van der Waals surface area contributed by atoms with Crippen molar-refractivity contribution in [3.8, 4) is 0 Å². The number of fused-ring (bicyclic) bond motifs is 1. The van der Waals surface area contributed by atoms with E-state index in [0.29, 0.717) is 6.54 Å². The van der Waals surface area contributed by atoms with E-state index in [1.165, 1.54) is 29.8 Å². The first-order valence-electron chi connectivity index (χ1n) is 10.4. The topological polar surface area (TPSA) is 38.8 Å². The molecule has 5 heteroatoms. The number of benzene rings is 2. The van der Waals surface area contributed by atoms with E-state index in [4.69, 9.17) is 0 Å². The Balaban J connectivity index is 1.49. The van der Waals surface area contributed by atoms with Crippen LogP contribution in [0.3, 0.4) is 0 Å². The number of carbonyl (C=O) groups excluding carboxylic acids is 1. The third kappa shape index (κ3) is 4.37. The molecule has 0 spiro atoms. The number of carbonyl (C=O) groups is 1. The second-order valence-electron chi connectivity index (χ2n) is 7.81. The largest absolute Gasteiger partial charge is 0.369 e. The van der Waals surface area contributed by atoms with Gasteiger partial charge < -0.3 is 10.2 Å². The SMILES string of the molecule is CCCN1CCN(c2ccccc2CN2CC(=O)Nc3ccccc3C2)CC1. The van der Waals surface area contributed by atoms with E-state index in [9.17, 15) is 4.79 Å². The van der Waals surface area contributed by atoms with Crippen molar-refractivity contribution in [3.05, 3.63) is 59.7 Å². The van der Waals surface area contributed by atoms with Gasteiger partial charge in [-0.15, -0.1) is 0 Å². The number of nitrogens with one attached hydrogen (secondary N) is 1. The van der Waals surface area contributed by atoms with Gasteiger partial charge in [-0.2, -0.15) is 0 Å². The molecule has 2 heterocycles. The molecular weight excluding hydrogens is 348 g/mol. The van der Waals surface area contributed by atoms with E-state index in [1.807, 2.05) is 18.2 Å². The highest BCUT2D eigenvalue weighted by molar-refractivity contribution is 5.93. The molecule has 0 bridgehead atoms. The molecule has 1 amide bonds. The van der Waals surface area contributed by atoms with Crippen LogP contribution in [0, 0.1) is 0 Å². The van der Waals surface area contributed by atoms with Crippen LogP contribution in [0.2, 0.25) is 0 Å².